The molecule has 4 aliphatic carbocycles. The Morgan fingerprint density at radius 3 is 2.33 bits per heavy atom. The fraction of sp³-hybridized carbons (Fsp3) is 0.571. The van der Waals surface area contributed by atoms with Gasteiger partial charge in [-0.2, -0.15) is 0 Å². The van der Waals surface area contributed by atoms with Crippen molar-refractivity contribution >= 4 is 22.8 Å². The van der Waals surface area contributed by atoms with Crippen LogP contribution in [-0.2, 0) is 16.0 Å². The van der Waals surface area contributed by atoms with E-state index >= 15 is 0 Å². The Balaban J connectivity index is 1.16. The Kier molecular flexibility index (Phi) is 3.95. The van der Waals surface area contributed by atoms with Crippen LogP contribution < -0.4 is 10.9 Å². The van der Waals surface area contributed by atoms with E-state index in [1.165, 1.54) is 38.5 Å². The molecule has 6 rings (SSSR count). The summed E-state index contributed by atoms with van der Waals surface area (Å²) in [6, 6.07) is 7.44. The van der Waals surface area contributed by atoms with Crippen LogP contribution in [0.4, 0.5) is 0 Å². The molecule has 6 heteroatoms. The maximum absolute atomic E-state index is 12.5. The Labute approximate surface area is 158 Å². The van der Waals surface area contributed by atoms with E-state index in [1.807, 2.05) is 24.3 Å². The van der Waals surface area contributed by atoms with E-state index in [0.29, 0.717) is 17.7 Å². The van der Waals surface area contributed by atoms with Gasteiger partial charge in [-0.25, -0.2) is 0 Å². The van der Waals surface area contributed by atoms with Crippen molar-refractivity contribution < 1.29 is 14.1 Å². The minimum Gasteiger partial charge on any atom is -0.356 e. The van der Waals surface area contributed by atoms with Crippen molar-refractivity contribution in [3.05, 3.63) is 30.0 Å². The second-order valence-electron chi connectivity index (χ2n) is 8.99. The van der Waals surface area contributed by atoms with E-state index in [-0.39, 0.29) is 23.7 Å². The second-order valence-corrected chi connectivity index (χ2v) is 8.99. The number of rotatable bonds is 4. The monoisotopic (exact) mass is 367 g/mol. The molecule has 4 fully saturated rings. The van der Waals surface area contributed by atoms with Crippen molar-refractivity contribution in [2.75, 3.05) is 0 Å². The number of carbonyl (C=O) groups excluding carboxylic acids is 2. The van der Waals surface area contributed by atoms with Crippen LogP contribution in [0.5, 0.6) is 0 Å². The van der Waals surface area contributed by atoms with Crippen LogP contribution in [0.1, 0.15) is 50.6 Å². The summed E-state index contributed by atoms with van der Waals surface area (Å²) in [7, 11) is 0. The zero-order chi connectivity index (χ0) is 18.4. The maximum atomic E-state index is 12.5. The molecule has 2 aromatic rings. The molecule has 0 radical (unpaired) electrons. The number of hydrogen-bond acceptors (Lipinski definition) is 4. The van der Waals surface area contributed by atoms with Gasteiger partial charge in [-0.15, -0.1) is 0 Å². The molecular formula is C21H25N3O3. The minimum absolute atomic E-state index is 0.0738. The van der Waals surface area contributed by atoms with Gasteiger partial charge in [0.15, 0.2) is 5.58 Å². The number of aromatic nitrogens is 1. The summed E-state index contributed by atoms with van der Waals surface area (Å²) >= 11 is 0. The van der Waals surface area contributed by atoms with Gasteiger partial charge in [0.25, 0.3) is 0 Å². The smallest absolute Gasteiger partial charge is 0.244 e. The molecule has 4 bridgehead atoms. The van der Waals surface area contributed by atoms with Gasteiger partial charge in [-0.05, 0) is 73.8 Å². The molecule has 1 aromatic heterocycles. The highest BCUT2D eigenvalue weighted by Crippen LogP contribution is 2.61. The first-order valence-electron chi connectivity index (χ1n) is 10.00. The number of carbonyl (C=O) groups is 2. The van der Waals surface area contributed by atoms with Gasteiger partial charge < -0.3 is 4.52 Å². The second kappa shape index (κ2) is 6.36. The molecule has 2 amide bonds. The van der Waals surface area contributed by atoms with E-state index in [1.54, 1.807) is 0 Å². The molecule has 142 valence electrons. The molecule has 4 saturated carbocycles. The predicted octanol–water partition coefficient (Wildman–Crippen LogP) is 3.12. The number of hydrazine groups is 1. The van der Waals surface area contributed by atoms with Crippen LogP contribution in [0.2, 0.25) is 0 Å². The lowest BCUT2D eigenvalue weighted by atomic mass is 9.49. The maximum Gasteiger partial charge on any atom is 0.244 e. The average molecular weight is 367 g/mol. The third kappa shape index (κ3) is 3.22. The highest BCUT2D eigenvalue weighted by molar-refractivity contribution is 5.87. The third-order valence-corrected chi connectivity index (χ3v) is 6.82. The van der Waals surface area contributed by atoms with Gasteiger partial charge >= 0.3 is 0 Å². The van der Waals surface area contributed by atoms with Gasteiger partial charge in [-0.3, -0.25) is 20.4 Å². The van der Waals surface area contributed by atoms with E-state index in [4.69, 9.17) is 4.52 Å². The fourth-order valence-electron chi connectivity index (χ4n) is 6.29. The fourth-order valence-corrected chi connectivity index (χ4v) is 6.29. The number of hydrogen-bond donors (Lipinski definition) is 2. The van der Waals surface area contributed by atoms with Crippen LogP contribution in [0.25, 0.3) is 11.0 Å². The van der Waals surface area contributed by atoms with Gasteiger partial charge in [-0.1, -0.05) is 17.3 Å². The summed E-state index contributed by atoms with van der Waals surface area (Å²) in [4.78, 5) is 24.7. The number of nitrogens with one attached hydrogen (secondary N) is 2. The Morgan fingerprint density at radius 2 is 1.63 bits per heavy atom. The number of para-hydroxylation sites is 1. The Hall–Kier alpha value is -2.37. The lowest BCUT2D eigenvalue weighted by Gasteiger charge is -2.56. The number of fused-ring (bicyclic) bond motifs is 1. The largest absolute Gasteiger partial charge is 0.356 e. The zero-order valence-electron chi connectivity index (χ0n) is 15.4. The van der Waals surface area contributed by atoms with Gasteiger partial charge in [0.1, 0.15) is 5.69 Å². The van der Waals surface area contributed by atoms with E-state index in [2.05, 4.69) is 16.0 Å². The highest BCUT2D eigenvalue weighted by Gasteiger charge is 2.51. The molecule has 6 nitrogen and oxygen atoms in total. The highest BCUT2D eigenvalue weighted by atomic mass is 16.5. The molecular weight excluding hydrogens is 342 g/mol. The summed E-state index contributed by atoms with van der Waals surface area (Å²) in [5, 5.41) is 4.79. The molecule has 4 aliphatic rings. The minimum atomic E-state index is -0.284. The van der Waals surface area contributed by atoms with Crippen molar-refractivity contribution in [1.82, 2.24) is 16.0 Å². The predicted molar refractivity (Wildman–Crippen MR) is 99.2 cm³/mol. The van der Waals surface area contributed by atoms with Crippen molar-refractivity contribution in [2.24, 2.45) is 23.2 Å². The molecule has 1 heterocycles. The van der Waals surface area contributed by atoms with Crippen LogP contribution >= 0.6 is 0 Å². The molecule has 2 N–H and O–H groups in total. The van der Waals surface area contributed by atoms with Crippen LogP contribution in [0.3, 0.4) is 0 Å². The average Bonchev–Trinajstić information content (AvgIpc) is 3.01. The van der Waals surface area contributed by atoms with Crippen LogP contribution in [0, 0.1) is 23.2 Å². The lowest BCUT2D eigenvalue weighted by Crippen LogP contribution is -2.50. The van der Waals surface area contributed by atoms with Gasteiger partial charge in [0.05, 0.1) is 6.42 Å². The Bertz CT molecular complexity index is 852. The third-order valence-electron chi connectivity index (χ3n) is 6.82. The van der Waals surface area contributed by atoms with Crippen molar-refractivity contribution in [2.45, 2.75) is 51.4 Å². The van der Waals surface area contributed by atoms with Crippen molar-refractivity contribution in [1.29, 1.82) is 0 Å². The number of amides is 2. The molecule has 0 saturated heterocycles. The molecule has 0 aliphatic heterocycles. The standard InChI is InChI=1S/C21H25N3O3/c25-19(8-17-16-3-1-2-4-18(16)27-24-17)22-23-20(26)12-21-9-13-5-14(10-21)7-15(6-13)11-21/h1-4,13-15H,5-12H2,(H,22,25)(H,23,26). The summed E-state index contributed by atoms with van der Waals surface area (Å²) < 4.78 is 5.22. The van der Waals surface area contributed by atoms with Gasteiger partial charge in [0.2, 0.25) is 11.8 Å². The molecule has 0 unspecified atom stereocenters. The molecule has 0 spiro atoms. The molecule has 0 atom stereocenters. The summed E-state index contributed by atoms with van der Waals surface area (Å²) in [5.41, 5.74) is 6.58. The lowest BCUT2D eigenvalue weighted by molar-refractivity contribution is -0.134. The summed E-state index contributed by atoms with van der Waals surface area (Å²) in [6.45, 7) is 0. The van der Waals surface area contributed by atoms with Crippen LogP contribution in [-0.4, -0.2) is 17.0 Å². The summed E-state index contributed by atoms with van der Waals surface area (Å²) in [6.07, 6.45) is 8.26. The van der Waals surface area contributed by atoms with E-state index in [9.17, 15) is 9.59 Å². The Morgan fingerprint density at radius 1 is 1.00 bits per heavy atom. The molecule has 1 aromatic carbocycles. The number of nitrogens with zero attached hydrogens (tertiary/aromatic N) is 1. The van der Waals surface area contributed by atoms with Crippen LogP contribution in [0.15, 0.2) is 28.8 Å². The van der Waals surface area contributed by atoms with Gasteiger partial charge in [0, 0.05) is 11.8 Å². The SMILES string of the molecule is O=C(Cc1noc2ccccc12)NNC(=O)CC12CC3CC(CC(C3)C1)C2. The van der Waals surface area contributed by atoms with Crippen molar-refractivity contribution in [3.8, 4) is 0 Å². The first-order valence-corrected chi connectivity index (χ1v) is 10.00. The van der Waals surface area contributed by atoms with Crippen molar-refractivity contribution in [3.63, 3.8) is 0 Å². The van der Waals surface area contributed by atoms with E-state index < -0.39 is 0 Å². The normalized spacial score (nSPS) is 31.2. The topological polar surface area (TPSA) is 84.2 Å². The van der Waals surface area contributed by atoms with E-state index in [0.717, 1.165) is 23.1 Å². The zero-order valence-corrected chi connectivity index (χ0v) is 15.4. The number of benzene rings is 1. The summed E-state index contributed by atoms with van der Waals surface area (Å²) in [5.74, 6) is 2.10. The first kappa shape index (κ1) is 16.8. The first-order chi connectivity index (χ1) is 13.1. The molecule has 27 heavy (non-hydrogen) atoms. The quantitative estimate of drug-likeness (QED) is 0.813.